The average Bonchev–Trinajstić information content (AvgIpc) is 3.12. The van der Waals surface area contributed by atoms with Crippen LogP contribution in [0, 0.1) is 0 Å². The number of carbonyl (C=O) groups is 2. The van der Waals surface area contributed by atoms with E-state index in [1.807, 2.05) is 24.4 Å². The Labute approximate surface area is 155 Å². The molecule has 2 aromatic rings. The number of nitrogens with one attached hydrogen (secondary N) is 2. The molecular formula is C17H18N2O5S2. The molecule has 1 aliphatic heterocycles. The molecule has 0 radical (unpaired) electrons. The van der Waals surface area contributed by atoms with Gasteiger partial charge in [-0.05, 0) is 42.5 Å². The number of anilines is 1. The normalized spacial score (nSPS) is 16.3. The van der Waals surface area contributed by atoms with Crippen molar-refractivity contribution in [2.75, 3.05) is 5.32 Å². The molecule has 2 N–H and O–H groups in total. The Morgan fingerprint density at radius 3 is 2.85 bits per heavy atom. The summed E-state index contributed by atoms with van der Waals surface area (Å²) in [6.07, 6.45) is 0.460. The zero-order chi connectivity index (χ0) is 18.7. The molecule has 2 amide bonds. The molecule has 0 bridgehead atoms. The topological polar surface area (TPSA) is 102 Å². The average molecular weight is 394 g/mol. The Balaban J connectivity index is 1.70. The summed E-state index contributed by atoms with van der Waals surface area (Å²) in [6.45, 7) is 1.82. The maximum absolute atomic E-state index is 12.4. The maximum atomic E-state index is 12.4. The second-order valence-electron chi connectivity index (χ2n) is 5.77. The molecule has 1 atom stereocenters. The number of rotatable bonds is 6. The Hall–Kier alpha value is -2.39. The molecule has 1 aromatic heterocycles. The third-order valence-electron chi connectivity index (χ3n) is 3.88. The summed E-state index contributed by atoms with van der Waals surface area (Å²) in [5.41, 5.74) is 0.272. The number of amides is 2. The van der Waals surface area contributed by atoms with Gasteiger partial charge in [-0.3, -0.25) is 9.59 Å². The molecular weight excluding hydrogens is 376 g/mol. The Morgan fingerprint density at radius 1 is 1.35 bits per heavy atom. The van der Waals surface area contributed by atoms with Crippen LogP contribution >= 0.6 is 11.3 Å². The van der Waals surface area contributed by atoms with Crippen LogP contribution in [0.1, 0.15) is 24.6 Å². The van der Waals surface area contributed by atoms with E-state index in [-0.39, 0.29) is 22.9 Å². The first-order valence-corrected chi connectivity index (χ1v) is 10.4. The SMILES string of the molecule is CC[C@@H]1Oc2ccc(S(=O)(=O)NC(=O)CCc3cccs3)cc2NC1=O. The summed E-state index contributed by atoms with van der Waals surface area (Å²) in [6, 6.07) is 7.87. The number of thiophene rings is 1. The summed E-state index contributed by atoms with van der Waals surface area (Å²) in [5.74, 6) is -0.503. The Kier molecular flexibility index (Phi) is 5.28. The van der Waals surface area contributed by atoms with Crippen LogP contribution in [-0.4, -0.2) is 26.3 Å². The van der Waals surface area contributed by atoms with Crippen LogP contribution < -0.4 is 14.8 Å². The zero-order valence-electron chi connectivity index (χ0n) is 14.0. The lowest BCUT2D eigenvalue weighted by Gasteiger charge is -2.25. The standard InChI is InChI=1S/C17H18N2O5S2/c1-2-14-17(21)18-13-10-12(6-7-15(13)24-14)26(22,23)19-16(20)8-5-11-4-3-9-25-11/h3-4,6-7,9-10,14H,2,5,8H2,1H3,(H,18,21)(H,19,20)/t14-/m0/s1. The van der Waals surface area contributed by atoms with Crippen molar-refractivity contribution in [3.8, 4) is 5.75 Å². The van der Waals surface area contributed by atoms with Crippen molar-refractivity contribution in [2.45, 2.75) is 37.2 Å². The van der Waals surface area contributed by atoms with E-state index in [9.17, 15) is 18.0 Å². The smallest absolute Gasteiger partial charge is 0.265 e. The molecule has 0 fully saturated rings. The van der Waals surface area contributed by atoms with E-state index in [1.54, 1.807) is 0 Å². The molecule has 138 valence electrons. The first-order chi connectivity index (χ1) is 12.4. The fraction of sp³-hybridized carbons (Fsp3) is 0.294. The third kappa shape index (κ3) is 4.05. The van der Waals surface area contributed by atoms with E-state index in [1.165, 1.54) is 29.5 Å². The van der Waals surface area contributed by atoms with E-state index in [4.69, 9.17) is 4.74 Å². The number of hydrogen-bond donors (Lipinski definition) is 2. The molecule has 0 aliphatic carbocycles. The largest absolute Gasteiger partial charge is 0.478 e. The van der Waals surface area contributed by atoms with Gasteiger partial charge in [0.1, 0.15) is 5.75 Å². The van der Waals surface area contributed by atoms with Crippen LogP contribution in [0.25, 0.3) is 0 Å². The van der Waals surface area contributed by atoms with Crippen LogP contribution in [0.3, 0.4) is 0 Å². The van der Waals surface area contributed by atoms with Crippen molar-refractivity contribution in [3.05, 3.63) is 40.6 Å². The summed E-state index contributed by atoms with van der Waals surface area (Å²) in [4.78, 5) is 24.7. The van der Waals surface area contributed by atoms with Gasteiger partial charge in [-0.2, -0.15) is 0 Å². The lowest BCUT2D eigenvalue weighted by Crippen LogP contribution is -2.36. The quantitative estimate of drug-likeness (QED) is 0.783. The highest BCUT2D eigenvalue weighted by atomic mass is 32.2. The van der Waals surface area contributed by atoms with Gasteiger partial charge in [0.2, 0.25) is 5.91 Å². The first-order valence-electron chi connectivity index (χ1n) is 8.08. The van der Waals surface area contributed by atoms with E-state index >= 15 is 0 Å². The molecule has 26 heavy (non-hydrogen) atoms. The molecule has 3 rings (SSSR count). The van der Waals surface area contributed by atoms with E-state index in [0.29, 0.717) is 18.6 Å². The van der Waals surface area contributed by atoms with Gasteiger partial charge in [0.05, 0.1) is 10.6 Å². The van der Waals surface area contributed by atoms with Gasteiger partial charge < -0.3 is 10.1 Å². The van der Waals surface area contributed by atoms with Crippen molar-refractivity contribution in [1.29, 1.82) is 0 Å². The van der Waals surface area contributed by atoms with Crippen molar-refractivity contribution < 1.29 is 22.7 Å². The number of benzene rings is 1. The van der Waals surface area contributed by atoms with Crippen molar-refractivity contribution in [3.63, 3.8) is 0 Å². The lowest BCUT2D eigenvalue weighted by atomic mass is 10.2. The van der Waals surface area contributed by atoms with Crippen LogP contribution in [-0.2, 0) is 26.0 Å². The van der Waals surface area contributed by atoms with Gasteiger partial charge in [0, 0.05) is 11.3 Å². The van der Waals surface area contributed by atoms with Crippen molar-refractivity contribution in [2.24, 2.45) is 0 Å². The van der Waals surface area contributed by atoms with Gasteiger partial charge in [0.25, 0.3) is 15.9 Å². The van der Waals surface area contributed by atoms with Crippen molar-refractivity contribution >= 4 is 38.9 Å². The second-order valence-corrected chi connectivity index (χ2v) is 8.48. The highest BCUT2D eigenvalue weighted by Gasteiger charge is 2.28. The minimum atomic E-state index is -4.02. The molecule has 2 heterocycles. The second kappa shape index (κ2) is 7.46. The maximum Gasteiger partial charge on any atom is 0.265 e. The molecule has 0 saturated carbocycles. The fourth-order valence-electron chi connectivity index (χ4n) is 2.52. The molecule has 7 nitrogen and oxygen atoms in total. The first kappa shape index (κ1) is 18.4. The Bertz CT molecular complexity index is 923. The summed E-state index contributed by atoms with van der Waals surface area (Å²) in [7, 11) is -4.02. The highest BCUT2D eigenvalue weighted by Crippen LogP contribution is 2.32. The molecule has 1 aliphatic rings. The number of hydrogen-bond acceptors (Lipinski definition) is 6. The third-order valence-corrected chi connectivity index (χ3v) is 6.19. The van der Waals surface area contributed by atoms with Crippen LogP contribution in [0.4, 0.5) is 5.69 Å². The number of sulfonamides is 1. The van der Waals surface area contributed by atoms with E-state index < -0.39 is 22.0 Å². The summed E-state index contributed by atoms with van der Waals surface area (Å²) >= 11 is 1.51. The van der Waals surface area contributed by atoms with Crippen LogP contribution in [0.5, 0.6) is 5.75 Å². The van der Waals surface area contributed by atoms with Gasteiger partial charge >= 0.3 is 0 Å². The van der Waals surface area contributed by atoms with Crippen LogP contribution in [0.2, 0.25) is 0 Å². The molecule has 0 spiro atoms. The minimum Gasteiger partial charge on any atom is -0.478 e. The fourth-order valence-corrected chi connectivity index (χ4v) is 4.27. The highest BCUT2D eigenvalue weighted by molar-refractivity contribution is 7.90. The molecule has 0 unspecified atom stereocenters. The number of aryl methyl sites for hydroxylation is 1. The lowest BCUT2D eigenvalue weighted by molar-refractivity contribution is -0.123. The Morgan fingerprint density at radius 2 is 2.15 bits per heavy atom. The van der Waals surface area contributed by atoms with E-state index in [2.05, 4.69) is 10.0 Å². The molecule has 0 saturated heterocycles. The minimum absolute atomic E-state index is 0.0721. The molecule has 1 aromatic carbocycles. The predicted molar refractivity (Wildman–Crippen MR) is 97.7 cm³/mol. The predicted octanol–water partition coefficient (Wildman–Crippen LogP) is 2.30. The van der Waals surface area contributed by atoms with E-state index in [0.717, 1.165) is 4.88 Å². The monoisotopic (exact) mass is 394 g/mol. The summed E-state index contributed by atoms with van der Waals surface area (Å²) < 4.78 is 32.4. The van der Waals surface area contributed by atoms with Crippen molar-refractivity contribution in [1.82, 2.24) is 4.72 Å². The van der Waals surface area contributed by atoms with Gasteiger partial charge in [0.15, 0.2) is 6.10 Å². The number of carbonyl (C=O) groups excluding carboxylic acids is 2. The van der Waals surface area contributed by atoms with Gasteiger partial charge in [-0.15, -0.1) is 11.3 Å². The number of fused-ring (bicyclic) bond motifs is 1. The van der Waals surface area contributed by atoms with Gasteiger partial charge in [-0.25, -0.2) is 13.1 Å². The summed E-state index contributed by atoms with van der Waals surface area (Å²) in [5, 5.41) is 4.53. The number of ether oxygens (including phenoxy) is 1. The van der Waals surface area contributed by atoms with Gasteiger partial charge in [-0.1, -0.05) is 13.0 Å². The zero-order valence-corrected chi connectivity index (χ0v) is 15.7. The van der Waals surface area contributed by atoms with Crippen LogP contribution in [0.15, 0.2) is 40.6 Å². The molecule has 9 heteroatoms.